The van der Waals surface area contributed by atoms with E-state index in [0.29, 0.717) is 43.3 Å². The number of carbonyl (C=O) groups excluding carboxylic acids is 2. The summed E-state index contributed by atoms with van der Waals surface area (Å²) in [7, 11) is 1.55. The molecule has 0 saturated carbocycles. The lowest BCUT2D eigenvalue weighted by atomic mass is 9.87. The van der Waals surface area contributed by atoms with Gasteiger partial charge in [0.1, 0.15) is 17.5 Å². The van der Waals surface area contributed by atoms with Crippen molar-refractivity contribution in [1.82, 2.24) is 19.6 Å². The van der Waals surface area contributed by atoms with Gasteiger partial charge in [-0.25, -0.2) is 13.5 Å². The molecule has 11 heteroatoms. The Hall–Kier alpha value is -3.79. The largest absolute Gasteiger partial charge is 0.354 e. The minimum Gasteiger partial charge on any atom is -0.354 e. The van der Waals surface area contributed by atoms with E-state index in [1.54, 1.807) is 18.0 Å². The van der Waals surface area contributed by atoms with Crippen molar-refractivity contribution in [3.63, 3.8) is 0 Å². The Labute approximate surface area is 254 Å². The molecule has 2 aromatic carbocycles. The Bertz CT molecular complexity index is 1550. The molecule has 3 heterocycles. The Kier molecular flexibility index (Phi) is 9.15. The second kappa shape index (κ2) is 12.8. The van der Waals surface area contributed by atoms with E-state index in [1.807, 2.05) is 47.9 Å². The molecule has 0 bridgehead atoms. The number of amides is 2. The maximum atomic E-state index is 15.1. The molecule has 5 rings (SSSR count). The van der Waals surface area contributed by atoms with Crippen molar-refractivity contribution in [2.45, 2.75) is 38.6 Å². The van der Waals surface area contributed by atoms with Crippen LogP contribution >= 0.6 is 11.6 Å². The molecule has 2 saturated heterocycles. The smallest absolute Gasteiger partial charge is 0.266 e. The summed E-state index contributed by atoms with van der Waals surface area (Å²) >= 11 is 6.12. The third kappa shape index (κ3) is 6.59. The van der Waals surface area contributed by atoms with Gasteiger partial charge in [-0.2, -0.15) is 5.10 Å². The first-order valence-corrected chi connectivity index (χ1v) is 15.0. The van der Waals surface area contributed by atoms with Gasteiger partial charge in [0.15, 0.2) is 0 Å². The van der Waals surface area contributed by atoms with Crippen molar-refractivity contribution >= 4 is 29.2 Å². The molecule has 8 nitrogen and oxygen atoms in total. The highest BCUT2D eigenvalue weighted by Crippen LogP contribution is 2.38. The first-order valence-electron chi connectivity index (χ1n) is 14.6. The predicted octanol–water partition coefficient (Wildman–Crippen LogP) is 4.78. The van der Waals surface area contributed by atoms with Crippen LogP contribution in [-0.2, 0) is 16.6 Å². The molecule has 0 radical (unpaired) electrons. The summed E-state index contributed by atoms with van der Waals surface area (Å²) in [5.74, 6) is -2.46. The summed E-state index contributed by atoms with van der Waals surface area (Å²) in [6, 6.07) is 13.8. The molecular weight excluding hydrogens is 576 g/mol. The minimum atomic E-state index is -0.703. The third-order valence-corrected chi connectivity index (χ3v) is 8.76. The fourth-order valence-electron chi connectivity index (χ4n) is 6.23. The van der Waals surface area contributed by atoms with Crippen molar-refractivity contribution in [2.75, 3.05) is 37.6 Å². The van der Waals surface area contributed by atoms with Gasteiger partial charge >= 0.3 is 0 Å². The van der Waals surface area contributed by atoms with Crippen molar-refractivity contribution in [2.24, 2.45) is 18.9 Å². The molecule has 3 atom stereocenters. The third-order valence-electron chi connectivity index (χ3n) is 8.51. The van der Waals surface area contributed by atoms with Gasteiger partial charge in [0.05, 0.1) is 12.0 Å². The molecule has 2 amide bonds. The van der Waals surface area contributed by atoms with Gasteiger partial charge in [0.2, 0.25) is 11.8 Å². The van der Waals surface area contributed by atoms with Gasteiger partial charge in [-0.3, -0.25) is 14.4 Å². The number of rotatable bonds is 5. The Morgan fingerprint density at radius 3 is 2.40 bits per heavy atom. The molecule has 3 unspecified atom stereocenters. The fourth-order valence-corrected chi connectivity index (χ4v) is 6.35. The first kappa shape index (κ1) is 30.7. The summed E-state index contributed by atoms with van der Waals surface area (Å²) in [6.07, 6.45) is 1.33. The highest BCUT2D eigenvalue weighted by Gasteiger charge is 2.43. The molecule has 0 aliphatic carbocycles. The fraction of sp³-hybridized carbons (Fsp3) is 0.438. The molecule has 2 fully saturated rings. The number of hydrogen-bond acceptors (Lipinski definition) is 5. The number of anilines is 1. The van der Waals surface area contributed by atoms with Crippen LogP contribution in [-0.4, -0.2) is 64.1 Å². The van der Waals surface area contributed by atoms with Crippen molar-refractivity contribution in [3.05, 3.63) is 92.7 Å². The summed E-state index contributed by atoms with van der Waals surface area (Å²) in [5, 5.41) is 4.96. The normalized spacial score (nSPS) is 21.2. The lowest BCUT2D eigenvalue weighted by Gasteiger charge is -2.39. The van der Waals surface area contributed by atoms with Gasteiger partial charge in [0, 0.05) is 68.8 Å². The zero-order valence-corrected chi connectivity index (χ0v) is 25.3. The van der Waals surface area contributed by atoms with E-state index in [-0.39, 0.29) is 48.0 Å². The van der Waals surface area contributed by atoms with Gasteiger partial charge < -0.3 is 14.7 Å². The van der Waals surface area contributed by atoms with Crippen molar-refractivity contribution < 1.29 is 18.4 Å². The minimum absolute atomic E-state index is 0.00770. The zero-order valence-electron chi connectivity index (χ0n) is 24.6. The van der Waals surface area contributed by atoms with E-state index in [1.165, 1.54) is 22.9 Å². The van der Waals surface area contributed by atoms with Crippen LogP contribution in [0.3, 0.4) is 0 Å². The standard InChI is InChI=1S/C32H36ClF2N5O3/c1-20(2)31(42)40-16-15-38(14-4-5-28(40)21-6-8-22(33)9-7-21)32(43)26-19-39(29-12-13-30(41)37(3)36-29)18-25(26)24-11-10-23(34)17-27(24)35/h6-13,17,20,25-26,28H,4-5,14-16,18-19H2,1-3H3. The number of carbonyl (C=O) groups is 2. The lowest BCUT2D eigenvalue weighted by Crippen LogP contribution is -2.48. The Morgan fingerprint density at radius 1 is 0.977 bits per heavy atom. The van der Waals surface area contributed by atoms with Crippen LogP contribution in [0.1, 0.15) is 49.8 Å². The zero-order chi connectivity index (χ0) is 30.8. The topological polar surface area (TPSA) is 78.8 Å². The second-order valence-corrected chi connectivity index (χ2v) is 12.1. The first-order chi connectivity index (χ1) is 20.5. The number of aromatic nitrogens is 2. The summed E-state index contributed by atoms with van der Waals surface area (Å²) in [5.41, 5.74) is 0.995. The molecule has 3 aromatic rings. The number of nitrogens with zero attached hydrogens (tertiary/aromatic N) is 5. The molecule has 0 spiro atoms. The Morgan fingerprint density at radius 2 is 1.72 bits per heavy atom. The van der Waals surface area contributed by atoms with Gasteiger partial charge in [0.25, 0.3) is 5.56 Å². The average Bonchev–Trinajstić information content (AvgIpc) is 3.40. The summed E-state index contributed by atoms with van der Waals surface area (Å²) < 4.78 is 30.1. The van der Waals surface area contributed by atoms with E-state index in [0.717, 1.165) is 11.6 Å². The van der Waals surface area contributed by atoms with Crippen LogP contribution in [0.5, 0.6) is 0 Å². The van der Waals surface area contributed by atoms with E-state index < -0.39 is 23.5 Å². The lowest BCUT2D eigenvalue weighted by molar-refractivity contribution is -0.142. The monoisotopic (exact) mass is 611 g/mol. The van der Waals surface area contributed by atoms with Crippen LogP contribution in [0.15, 0.2) is 59.4 Å². The van der Waals surface area contributed by atoms with Crippen LogP contribution in [0.2, 0.25) is 5.02 Å². The van der Waals surface area contributed by atoms with Crippen LogP contribution in [0, 0.1) is 23.5 Å². The SMILES string of the molecule is CC(C)C(=O)N1CCN(C(=O)C2CN(c3ccc(=O)n(C)n3)CC2c2ccc(F)cc2F)CCCC1c1ccc(Cl)cc1. The summed E-state index contributed by atoms with van der Waals surface area (Å²) in [6.45, 7) is 5.42. The molecular formula is C32H36ClF2N5O3. The summed E-state index contributed by atoms with van der Waals surface area (Å²) in [4.78, 5) is 45.1. The highest BCUT2D eigenvalue weighted by atomic mass is 35.5. The Balaban J connectivity index is 1.42. The van der Waals surface area contributed by atoms with E-state index in [2.05, 4.69) is 5.10 Å². The molecule has 0 N–H and O–H groups in total. The van der Waals surface area contributed by atoms with Crippen LogP contribution < -0.4 is 10.5 Å². The molecule has 228 valence electrons. The molecule has 1 aromatic heterocycles. The maximum absolute atomic E-state index is 15.1. The van der Waals surface area contributed by atoms with Crippen molar-refractivity contribution in [1.29, 1.82) is 0 Å². The second-order valence-electron chi connectivity index (χ2n) is 11.7. The quantitative estimate of drug-likeness (QED) is 0.415. The van der Waals surface area contributed by atoms with Gasteiger partial charge in [-0.15, -0.1) is 0 Å². The maximum Gasteiger partial charge on any atom is 0.266 e. The van der Waals surface area contributed by atoms with E-state index >= 15 is 4.39 Å². The molecule has 2 aliphatic rings. The highest BCUT2D eigenvalue weighted by molar-refractivity contribution is 6.30. The van der Waals surface area contributed by atoms with Gasteiger partial charge in [-0.1, -0.05) is 43.6 Å². The number of aryl methyl sites for hydroxylation is 1. The number of hydrogen-bond donors (Lipinski definition) is 0. The van der Waals surface area contributed by atoms with Crippen LogP contribution in [0.25, 0.3) is 0 Å². The van der Waals surface area contributed by atoms with E-state index in [4.69, 9.17) is 11.6 Å². The molecule has 43 heavy (non-hydrogen) atoms. The van der Waals surface area contributed by atoms with Crippen LogP contribution in [0.4, 0.5) is 14.6 Å². The number of benzene rings is 2. The average molecular weight is 612 g/mol. The van der Waals surface area contributed by atoms with E-state index in [9.17, 15) is 18.8 Å². The predicted molar refractivity (Wildman–Crippen MR) is 161 cm³/mol. The van der Waals surface area contributed by atoms with Crippen molar-refractivity contribution in [3.8, 4) is 0 Å². The number of halogens is 3. The van der Waals surface area contributed by atoms with Gasteiger partial charge in [-0.05, 0) is 48.2 Å². The molecule has 2 aliphatic heterocycles.